The van der Waals surface area contributed by atoms with Crippen LogP contribution in [0.1, 0.15) is 11.3 Å². The molecule has 0 unspecified atom stereocenters. The van der Waals surface area contributed by atoms with E-state index in [1.165, 1.54) is 6.20 Å². The van der Waals surface area contributed by atoms with Gasteiger partial charge in [-0.2, -0.15) is 5.26 Å². The fraction of sp³-hybridized carbons (Fsp3) is 0. The molecule has 0 aliphatic rings. The molecule has 0 aliphatic carbocycles. The lowest BCUT2D eigenvalue weighted by Crippen LogP contribution is -1.87. The van der Waals surface area contributed by atoms with E-state index in [0.717, 1.165) is 10.0 Å². The summed E-state index contributed by atoms with van der Waals surface area (Å²) < 4.78 is 0.937. The molecule has 1 heterocycles. The number of nitrogens with zero attached hydrogens (tertiary/aromatic N) is 2. The van der Waals surface area contributed by atoms with Crippen molar-refractivity contribution < 1.29 is 0 Å². The van der Waals surface area contributed by atoms with Crippen molar-refractivity contribution in [2.24, 2.45) is 0 Å². The van der Waals surface area contributed by atoms with E-state index in [0.29, 0.717) is 16.3 Å². The van der Waals surface area contributed by atoms with Crippen LogP contribution < -0.4 is 0 Å². The molecule has 1 aromatic carbocycles. The lowest BCUT2D eigenvalue weighted by Gasteiger charge is -2.01. The topological polar surface area (TPSA) is 36.7 Å². The van der Waals surface area contributed by atoms with Crippen molar-refractivity contribution >= 4 is 39.2 Å². The third kappa shape index (κ3) is 2.98. The van der Waals surface area contributed by atoms with Crippen LogP contribution in [0.15, 0.2) is 47.1 Å². The molecule has 0 saturated carbocycles. The summed E-state index contributed by atoms with van der Waals surface area (Å²) in [6.45, 7) is 0. The number of halogens is 2. The van der Waals surface area contributed by atoms with Gasteiger partial charge in [-0.15, -0.1) is 0 Å². The van der Waals surface area contributed by atoms with E-state index < -0.39 is 0 Å². The number of nitriles is 1. The van der Waals surface area contributed by atoms with Crippen LogP contribution >= 0.6 is 27.5 Å². The van der Waals surface area contributed by atoms with Crippen LogP contribution in [0.4, 0.5) is 0 Å². The fourth-order valence-electron chi connectivity index (χ4n) is 1.45. The van der Waals surface area contributed by atoms with Crippen molar-refractivity contribution in [1.82, 2.24) is 4.98 Å². The highest BCUT2D eigenvalue weighted by molar-refractivity contribution is 9.10. The number of allylic oxidation sites excluding steroid dienone is 1. The van der Waals surface area contributed by atoms with E-state index in [4.69, 9.17) is 11.6 Å². The minimum absolute atomic E-state index is 0.499. The zero-order chi connectivity index (χ0) is 13.0. The van der Waals surface area contributed by atoms with E-state index in [1.54, 1.807) is 18.2 Å². The molecule has 2 nitrogen and oxygen atoms in total. The first kappa shape index (κ1) is 12.8. The highest BCUT2D eigenvalue weighted by Crippen LogP contribution is 2.22. The fourth-order valence-corrected chi connectivity index (χ4v) is 1.96. The molecule has 0 fully saturated rings. The van der Waals surface area contributed by atoms with Crippen molar-refractivity contribution in [2.45, 2.75) is 0 Å². The first-order chi connectivity index (χ1) is 8.70. The lowest BCUT2D eigenvalue weighted by atomic mass is 10.1. The van der Waals surface area contributed by atoms with E-state index in [1.807, 2.05) is 24.3 Å². The third-order valence-corrected chi connectivity index (χ3v) is 3.27. The van der Waals surface area contributed by atoms with E-state index >= 15 is 0 Å². The maximum absolute atomic E-state index is 9.19. The Balaban J connectivity index is 2.44. The molecule has 0 radical (unpaired) electrons. The zero-order valence-corrected chi connectivity index (χ0v) is 11.6. The highest BCUT2D eigenvalue weighted by atomic mass is 79.9. The van der Waals surface area contributed by atoms with Gasteiger partial charge in [0.1, 0.15) is 6.07 Å². The van der Waals surface area contributed by atoms with Gasteiger partial charge in [-0.25, -0.2) is 0 Å². The average molecular weight is 320 g/mol. The minimum Gasteiger partial charge on any atom is -0.254 e. The maximum atomic E-state index is 9.19. The molecule has 18 heavy (non-hydrogen) atoms. The normalized spacial score (nSPS) is 11.1. The van der Waals surface area contributed by atoms with Gasteiger partial charge >= 0.3 is 0 Å². The number of benzene rings is 1. The molecule has 1 aromatic heterocycles. The SMILES string of the molecule is N#C/C(=C\c1ccccc1Br)c1ccc(Cl)cn1. The van der Waals surface area contributed by atoms with E-state index in [2.05, 4.69) is 27.0 Å². The molecular weight excluding hydrogens is 312 g/mol. The number of aromatic nitrogens is 1. The second-order valence-corrected chi connectivity index (χ2v) is 4.84. The quantitative estimate of drug-likeness (QED) is 0.761. The standard InChI is InChI=1S/C14H8BrClN2/c15-13-4-2-1-3-10(13)7-11(8-17)14-6-5-12(16)9-18-14/h1-7,9H/b11-7+. The summed E-state index contributed by atoms with van der Waals surface area (Å²) in [4.78, 5) is 4.14. The second kappa shape index (κ2) is 5.81. The molecule has 2 aromatic rings. The van der Waals surface area contributed by atoms with Gasteiger partial charge in [-0.05, 0) is 29.8 Å². The molecule has 0 aliphatic heterocycles. The molecule has 0 bridgehead atoms. The number of hydrogen-bond donors (Lipinski definition) is 0. The van der Waals surface area contributed by atoms with E-state index in [9.17, 15) is 5.26 Å². The van der Waals surface area contributed by atoms with Crippen molar-refractivity contribution in [2.75, 3.05) is 0 Å². The van der Waals surface area contributed by atoms with Gasteiger partial charge in [0.2, 0.25) is 0 Å². The van der Waals surface area contributed by atoms with Crippen LogP contribution in [0.25, 0.3) is 11.6 Å². The predicted octanol–water partition coefficient (Wildman–Crippen LogP) is 4.56. The molecule has 0 spiro atoms. The Hall–Kier alpha value is -1.63. The van der Waals surface area contributed by atoms with Crippen molar-refractivity contribution in [3.8, 4) is 6.07 Å². The van der Waals surface area contributed by atoms with Crippen LogP contribution in [0.3, 0.4) is 0 Å². The largest absolute Gasteiger partial charge is 0.254 e. The van der Waals surface area contributed by atoms with Gasteiger partial charge in [-0.3, -0.25) is 4.98 Å². The summed E-state index contributed by atoms with van der Waals surface area (Å²) in [6, 6.07) is 13.3. The summed E-state index contributed by atoms with van der Waals surface area (Å²) in [5.74, 6) is 0. The lowest BCUT2D eigenvalue weighted by molar-refractivity contribution is 1.28. The van der Waals surface area contributed by atoms with E-state index in [-0.39, 0.29) is 0 Å². The monoisotopic (exact) mass is 318 g/mol. The van der Waals surface area contributed by atoms with Crippen molar-refractivity contribution in [3.63, 3.8) is 0 Å². The molecule has 0 N–H and O–H groups in total. The Morgan fingerprint density at radius 2 is 2.06 bits per heavy atom. The molecule has 0 amide bonds. The second-order valence-electron chi connectivity index (χ2n) is 3.55. The van der Waals surface area contributed by atoms with Crippen LogP contribution in [0.5, 0.6) is 0 Å². The van der Waals surface area contributed by atoms with Crippen molar-refractivity contribution in [1.29, 1.82) is 5.26 Å². The third-order valence-electron chi connectivity index (χ3n) is 2.33. The maximum Gasteiger partial charge on any atom is 0.101 e. The zero-order valence-electron chi connectivity index (χ0n) is 9.27. The summed E-state index contributed by atoms with van der Waals surface area (Å²) in [7, 11) is 0. The van der Waals surface area contributed by atoms with Gasteiger partial charge in [0.05, 0.1) is 16.3 Å². The van der Waals surface area contributed by atoms with Gasteiger partial charge in [0, 0.05) is 10.7 Å². The Morgan fingerprint density at radius 1 is 1.28 bits per heavy atom. The molecule has 0 atom stereocenters. The number of rotatable bonds is 2. The van der Waals surface area contributed by atoms with Gasteiger partial charge in [0.25, 0.3) is 0 Å². The first-order valence-corrected chi connectivity index (χ1v) is 6.36. The Morgan fingerprint density at radius 3 is 2.67 bits per heavy atom. The summed E-state index contributed by atoms with van der Waals surface area (Å²) >= 11 is 9.22. The van der Waals surface area contributed by atoms with Crippen LogP contribution in [0, 0.1) is 11.3 Å². The molecule has 4 heteroatoms. The molecule has 0 saturated heterocycles. The number of pyridine rings is 1. The van der Waals surface area contributed by atoms with Gasteiger partial charge < -0.3 is 0 Å². The average Bonchev–Trinajstić information content (AvgIpc) is 2.39. The molecule has 88 valence electrons. The Kier molecular flexibility index (Phi) is 4.14. The first-order valence-electron chi connectivity index (χ1n) is 5.19. The summed E-state index contributed by atoms with van der Waals surface area (Å²) in [5.41, 5.74) is 2.04. The summed E-state index contributed by atoms with van der Waals surface area (Å²) in [5, 5.41) is 9.75. The van der Waals surface area contributed by atoms with Crippen molar-refractivity contribution in [3.05, 3.63) is 63.3 Å². The predicted molar refractivity (Wildman–Crippen MR) is 76.9 cm³/mol. The Labute approximate surface area is 119 Å². The molecular formula is C14H8BrClN2. The van der Waals surface area contributed by atoms with Crippen LogP contribution in [0.2, 0.25) is 5.02 Å². The molecule has 2 rings (SSSR count). The van der Waals surface area contributed by atoms with Gasteiger partial charge in [-0.1, -0.05) is 45.7 Å². The van der Waals surface area contributed by atoms with Crippen LogP contribution in [-0.4, -0.2) is 4.98 Å². The number of hydrogen-bond acceptors (Lipinski definition) is 2. The Bertz CT molecular complexity index is 627. The smallest absolute Gasteiger partial charge is 0.101 e. The minimum atomic E-state index is 0.499. The highest BCUT2D eigenvalue weighted by Gasteiger charge is 2.04. The van der Waals surface area contributed by atoms with Crippen LogP contribution in [-0.2, 0) is 0 Å². The summed E-state index contributed by atoms with van der Waals surface area (Å²) in [6.07, 6.45) is 3.32. The van der Waals surface area contributed by atoms with Gasteiger partial charge in [0.15, 0.2) is 0 Å².